The quantitative estimate of drug-likeness (QED) is 0.513. The molecule has 0 bridgehead atoms. The molecule has 0 heterocycles. The van der Waals surface area contributed by atoms with Crippen molar-refractivity contribution >= 4 is 12.2 Å². The zero-order valence-electron chi connectivity index (χ0n) is 19.1. The zero-order valence-corrected chi connectivity index (χ0v) is 19.1. The average Bonchev–Trinajstić information content (AvgIpc) is 2.64. The Morgan fingerprint density at radius 3 is 2.30 bits per heavy atom. The van der Waals surface area contributed by atoms with Crippen molar-refractivity contribution in [1.29, 1.82) is 0 Å². The van der Waals surface area contributed by atoms with Crippen LogP contribution in [-0.4, -0.2) is 53.5 Å². The smallest absolute Gasteiger partial charge is 0.410 e. The fourth-order valence-corrected chi connectivity index (χ4v) is 2.94. The van der Waals surface area contributed by atoms with Crippen LogP contribution in [0.1, 0.15) is 65.4 Å². The third-order valence-electron chi connectivity index (χ3n) is 4.41. The second-order valence-electron chi connectivity index (χ2n) is 8.99. The molecule has 1 atom stereocenters. The second-order valence-corrected chi connectivity index (χ2v) is 8.99. The molecule has 0 saturated heterocycles. The topological polar surface area (TPSA) is 88.1 Å². The average molecular weight is 423 g/mol. The molecule has 1 unspecified atom stereocenters. The monoisotopic (exact) mass is 422 g/mol. The largest absolute Gasteiger partial charge is 0.445 e. The number of amides is 2. The van der Waals surface area contributed by atoms with E-state index in [0.29, 0.717) is 13.0 Å². The van der Waals surface area contributed by atoms with Gasteiger partial charge in [0.05, 0.1) is 12.1 Å². The Morgan fingerprint density at radius 2 is 1.67 bits per heavy atom. The molecular formula is C23H38N2O5. The van der Waals surface area contributed by atoms with Crippen LogP contribution in [0.3, 0.4) is 0 Å². The summed E-state index contributed by atoms with van der Waals surface area (Å²) in [5.74, 6) is 0. The predicted octanol–water partition coefficient (Wildman–Crippen LogP) is 4.48. The number of carbonyl (C=O) groups excluding carboxylic acids is 2. The standard InChI is InChI=1S/C23H38N2O5/c1-22(2,3)30-21(27)25(5)18-23(4,28)15-11-6-7-12-16-24-20(26)29-17-19-13-9-8-10-14-19/h8-10,13-14,28H,6-7,11-12,15-18H2,1-5H3,(H,24,26). The first kappa shape index (κ1) is 25.8. The molecule has 1 aromatic rings. The summed E-state index contributed by atoms with van der Waals surface area (Å²) in [6.07, 6.45) is 3.31. The molecule has 0 saturated carbocycles. The minimum absolute atomic E-state index is 0.219. The molecule has 30 heavy (non-hydrogen) atoms. The van der Waals surface area contributed by atoms with Crippen LogP contribution in [0.2, 0.25) is 0 Å². The lowest BCUT2D eigenvalue weighted by Crippen LogP contribution is -2.43. The van der Waals surface area contributed by atoms with Crippen LogP contribution in [-0.2, 0) is 16.1 Å². The molecular weight excluding hydrogens is 384 g/mol. The van der Waals surface area contributed by atoms with Gasteiger partial charge in [-0.2, -0.15) is 0 Å². The van der Waals surface area contributed by atoms with Gasteiger partial charge in [-0.3, -0.25) is 0 Å². The molecule has 170 valence electrons. The van der Waals surface area contributed by atoms with Crippen LogP contribution < -0.4 is 5.32 Å². The molecule has 7 heteroatoms. The number of hydrogen-bond acceptors (Lipinski definition) is 5. The number of rotatable bonds is 11. The Hall–Kier alpha value is -2.28. The van der Waals surface area contributed by atoms with Gasteiger partial charge >= 0.3 is 12.2 Å². The minimum Gasteiger partial charge on any atom is -0.445 e. The summed E-state index contributed by atoms with van der Waals surface area (Å²) >= 11 is 0. The molecule has 1 aromatic carbocycles. The number of unbranched alkanes of at least 4 members (excludes halogenated alkanes) is 3. The second kappa shape index (κ2) is 12.4. The van der Waals surface area contributed by atoms with E-state index in [1.807, 2.05) is 51.1 Å². The third kappa shape index (κ3) is 12.3. The number of benzene rings is 1. The number of alkyl carbamates (subject to hydrolysis) is 1. The van der Waals surface area contributed by atoms with E-state index in [-0.39, 0.29) is 13.2 Å². The molecule has 0 radical (unpaired) electrons. The number of nitrogens with one attached hydrogen (secondary N) is 1. The maximum absolute atomic E-state index is 12.0. The molecule has 1 rings (SSSR count). The van der Waals surface area contributed by atoms with Crippen molar-refractivity contribution in [3.8, 4) is 0 Å². The van der Waals surface area contributed by atoms with Crippen molar-refractivity contribution in [3.63, 3.8) is 0 Å². The van der Waals surface area contributed by atoms with E-state index >= 15 is 0 Å². The highest BCUT2D eigenvalue weighted by Gasteiger charge is 2.27. The van der Waals surface area contributed by atoms with Crippen molar-refractivity contribution in [2.24, 2.45) is 0 Å². The van der Waals surface area contributed by atoms with Gasteiger partial charge in [0.25, 0.3) is 0 Å². The lowest BCUT2D eigenvalue weighted by atomic mass is 9.97. The molecule has 7 nitrogen and oxygen atoms in total. The Balaban J connectivity index is 2.10. The first-order chi connectivity index (χ1) is 14.0. The highest BCUT2D eigenvalue weighted by atomic mass is 16.6. The Morgan fingerprint density at radius 1 is 1.03 bits per heavy atom. The molecule has 0 fully saturated rings. The summed E-state index contributed by atoms with van der Waals surface area (Å²) < 4.78 is 10.5. The van der Waals surface area contributed by atoms with E-state index in [4.69, 9.17) is 9.47 Å². The van der Waals surface area contributed by atoms with E-state index in [1.54, 1.807) is 14.0 Å². The third-order valence-corrected chi connectivity index (χ3v) is 4.41. The summed E-state index contributed by atoms with van der Waals surface area (Å²) in [7, 11) is 1.63. The van der Waals surface area contributed by atoms with Crippen LogP contribution in [0.25, 0.3) is 0 Å². The van der Waals surface area contributed by atoms with Gasteiger partial charge in [0.15, 0.2) is 0 Å². The highest BCUT2D eigenvalue weighted by Crippen LogP contribution is 2.18. The van der Waals surface area contributed by atoms with Crippen LogP contribution >= 0.6 is 0 Å². The lowest BCUT2D eigenvalue weighted by molar-refractivity contribution is -0.00779. The van der Waals surface area contributed by atoms with Crippen molar-refractivity contribution in [2.75, 3.05) is 20.1 Å². The van der Waals surface area contributed by atoms with Crippen LogP contribution in [0, 0.1) is 0 Å². The number of likely N-dealkylation sites (N-methyl/N-ethyl adjacent to an activating group) is 1. The van der Waals surface area contributed by atoms with E-state index in [2.05, 4.69) is 5.32 Å². The maximum atomic E-state index is 12.0. The van der Waals surface area contributed by atoms with E-state index in [0.717, 1.165) is 31.2 Å². The van der Waals surface area contributed by atoms with Crippen LogP contribution in [0.5, 0.6) is 0 Å². The number of hydrogen-bond donors (Lipinski definition) is 2. The SMILES string of the molecule is CN(CC(C)(O)CCCCCCNC(=O)OCc1ccccc1)C(=O)OC(C)(C)C. The molecule has 2 N–H and O–H groups in total. The van der Waals surface area contributed by atoms with E-state index in [9.17, 15) is 14.7 Å². The summed E-state index contributed by atoms with van der Waals surface area (Å²) in [5.41, 5.74) is -0.568. The number of ether oxygens (including phenoxy) is 2. The molecule has 0 aromatic heterocycles. The van der Waals surface area contributed by atoms with Crippen LogP contribution in [0.15, 0.2) is 30.3 Å². The summed E-state index contributed by atoms with van der Waals surface area (Å²) in [6.45, 7) is 8.22. The summed E-state index contributed by atoms with van der Waals surface area (Å²) in [4.78, 5) is 25.1. The van der Waals surface area contributed by atoms with Gasteiger partial charge in [0.2, 0.25) is 0 Å². The first-order valence-corrected chi connectivity index (χ1v) is 10.6. The summed E-state index contributed by atoms with van der Waals surface area (Å²) in [5, 5.41) is 13.3. The Kier molecular flexibility index (Phi) is 10.7. The Bertz CT molecular complexity index is 641. The molecule has 2 amide bonds. The van der Waals surface area contributed by atoms with Gasteiger partial charge in [-0.05, 0) is 46.1 Å². The molecule has 0 aliphatic heterocycles. The number of nitrogens with zero attached hydrogens (tertiary/aromatic N) is 1. The summed E-state index contributed by atoms with van der Waals surface area (Å²) in [6, 6.07) is 9.55. The predicted molar refractivity (Wildman–Crippen MR) is 117 cm³/mol. The van der Waals surface area contributed by atoms with Crippen LogP contribution in [0.4, 0.5) is 9.59 Å². The van der Waals surface area contributed by atoms with Crippen molar-refractivity contribution < 1.29 is 24.2 Å². The van der Waals surface area contributed by atoms with Gasteiger partial charge in [-0.25, -0.2) is 9.59 Å². The maximum Gasteiger partial charge on any atom is 0.410 e. The van der Waals surface area contributed by atoms with Gasteiger partial charge in [0, 0.05) is 13.6 Å². The van der Waals surface area contributed by atoms with Gasteiger partial charge in [-0.1, -0.05) is 49.6 Å². The zero-order chi connectivity index (χ0) is 22.6. The molecule has 0 aliphatic rings. The first-order valence-electron chi connectivity index (χ1n) is 10.6. The number of carbonyl (C=O) groups is 2. The molecule has 0 spiro atoms. The normalized spacial score (nSPS) is 13.3. The number of aliphatic hydroxyl groups is 1. The van der Waals surface area contributed by atoms with E-state index < -0.39 is 23.4 Å². The van der Waals surface area contributed by atoms with Gasteiger partial charge in [-0.15, -0.1) is 0 Å². The van der Waals surface area contributed by atoms with E-state index in [1.165, 1.54) is 4.90 Å². The molecule has 0 aliphatic carbocycles. The fourth-order valence-electron chi connectivity index (χ4n) is 2.94. The Labute approximate surface area is 180 Å². The van der Waals surface area contributed by atoms with Crippen molar-refractivity contribution in [2.45, 2.75) is 77.6 Å². The van der Waals surface area contributed by atoms with Crippen molar-refractivity contribution in [1.82, 2.24) is 10.2 Å². The highest BCUT2D eigenvalue weighted by molar-refractivity contribution is 5.68. The van der Waals surface area contributed by atoms with Gasteiger partial charge in [0.1, 0.15) is 12.2 Å². The minimum atomic E-state index is -0.967. The fraction of sp³-hybridized carbons (Fsp3) is 0.652. The van der Waals surface area contributed by atoms with Gasteiger partial charge < -0.3 is 24.8 Å². The van der Waals surface area contributed by atoms with Crippen molar-refractivity contribution in [3.05, 3.63) is 35.9 Å². The lowest BCUT2D eigenvalue weighted by Gasteiger charge is -2.31.